The number of hydrogen-bond donors (Lipinski definition) is 1. The Morgan fingerprint density at radius 1 is 1.00 bits per heavy atom. The van der Waals surface area contributed by atoms with Crippen LogP contribution in [-0.2, 0) is 6.54 Å². The fourth-order valence-electron chi connectivity index (χ4n) is 2.53. The quantitative estimate of drug-likeness (QED) is 0.782. The minimum absolute atomic E-state index is 0.623. The van der Waals surface area contributed by atoms with Crippen LogP contribution in [0.3, 0.4) is 0 Å². The second kappa shape index (κ2) is 5.30. The first-order valence-electron chi connectivity index (χ1n) is 6.99. The molecule has 4 rings (SSSR count). The molecule has 4 heteroatoms. The number of fused-ring (bicyclic) bond motifs is 2. The molecule has 0 amide bonds. The van der Waals surface area contributed by atoms with Crippen molar-refractivity contribution < 1.29 is 9.47 Å². The van der Waals surface area contributed by atoms with Gasteiger partial charge in [-0.25, -0.2) is 0 Å². The molecular weight excluding hydrogens is 282 g/mol. The van der Waals surface area contributed by atoms with Crippen molar-refractivity contribution >= 4 is 27.1 Å². The molecule has 0 spiro atoms. The molecular formula is C17H15NO2S. The van der Waals surface area contributed by atoms with Gasteiger partial charge in [-0.2, -0.15) is 0 Å². The molecule has 0 unspecified atom stereocenters. The van der Waals surface area contributed by atoms with Crippen LogP contribution in [0.15, 0.2) is 47.8 Å². The molecule has 1 aliphatic rings. The van der Waals surface area contributed by atoms with Crippen LogP contribution >= 0.6 is 11.3 Å². The van der Waals surface area contributed by atoms with Crippen LogP contribution in [0.2, 0.25) is 0 Å². The topological polar surface area (TPSA) is 30.5 Å². The largest absolute Gasteiger partial charge is 0.486 e. The molecule has 0 aliphatic carbocycles. The Morgan fingerprint density at radius 3 is 2.86 bits per heavy atom. The van der Waals surface area contributed by atoms with Crippen LogP contribution in [0, 0.1) is 0 Å². The Morgan fingerprint density at radius 2 is 1.90 bits per heavy atom. The van der Waals surface area contributed by atoms with Gasteiger partial charge in [-0.15, -0.1) is 11.3 Å². The molecule has 106 valence electrons. The van der Waals surface area contributed by atoms with E-state index in [0.717, 1.165) is 18.0 Å². The SMILES string of the molecule is c1cc(NCc2ccc3c(c2)OCCO3)c2sccc2c1. The van der Waals surface area contributed by atoms with Gasteiger partial charge in [0, 0.05) is 6.54 Å². The standard InChI is InChI=1S/C17H15NO2S/c1-2-13-6-9-21-17(13)14(3-1)18-11-12-4-5-15-16(10-12)20-8-7-19-15/h1-6,9-10,18H,7-8,11H2. The summed E-state index contributed by atoms with van der Waals surface area (Å²) in [6.45, 7) is 2.02. The summed E-state index contributed by atoms with van der Waals surface area (Å²) in [6, 6.07) is 14.6. The van der Waals surface area contributed by atoms with Gasteiger partial charge in [0.15, 0.2) is 11.5 Å². The van der Waals surface area contributed by atoms with Crippen molar-refractivity contribution in [1.82, 2.24) is 0 Å². The fourth-order valence-corrected chi connectivity index (χ4v) is 3.42. The van der Waals surface area contributed by atoms with Gasteiger partial charge in [0.25, 0.3) is 0 Å². The Balaban J connectivity index is 1.55. The number of ether oxygens (including phenoxy) is 2. The number of benzene rings is 2. The number of nitrogens with one attached hydrogen (secondary N) is 1. The minimum Gasteiger partial charge on any atom is -0.486 e. The van der Waals surface area contributed by atoms with E-state index in [2.05, 4.69) is 47.1 Å². The van der Waals surface area contributed by atoms with E-state index in [-0.39, 0.29) is 0 Å². The van der Waals surface area contributed by atoms with E-state index in [4.69, 9.17) is 9.47 Å². The first-order valence-corrected chi connectivity index (χ1v) is 7.87. The van der Waals surface area contributed by atoms with Gasteiger partial charge in [0.2, 0.25) is 0 Å². The maximum absolute atomic E-state index is 5.62. The zero-order valence-corrected chi connectivity index (χ0v) is 12.3. The van der Waals surface area contributed by atoms with Gasteiger partial charge in [-0.1, -0.05) is 18.2 Å². The number of anilines is 1. The summed E-state index contributed by atoms with van der Waals surface area (Å²) < 4.78 is 12.5. The third-order valence-electron chi connectivity index (χ3n) is 3.57. The second-order valence-electron chi connectivity index (χ2n) is 4.98. The predicted octanol–water partition coefficient (Wildman–Crippen LogP) is 4.28. The van der Waals surface area contributed by atoms with E-state index in [1.807, 2.05) is 6.07 Å². The zero-order valence-electron chi connectivity index (χ0n) is 11.5. The lowest BCUT2D eigenvalue weighted by Crippen LogP contribution is -2.15. The van der Waals surface area contributed by atoms with Gasteiger partial charge in [0.1, 0.15) is 13.2 Å². The average Bonchev–Trinajstić information content (AvgIpc) is 3.02. The number of thiophene rings is 1. The molecule has 1 aromatic heterocycles. The molecule has 0 fully saturated rings. The van der Waals surface area contributed by atoms with Gasteiger partial charge >= 0.3 is 0 Å². The highest BCUT2D eigenvalue weighted by Crippen LogP contribution is 2.32. The Hall–Kier alpha value is -2.20. The van der Waals surface area contributed by atoms with Gasteiger partial charge in [-0.05, 0) is 40.6 Å². The van der Waals surface area contributed by atoms with Crippen LogP contribution in [0.5, 0.6) is 11.5 Å². The summed E-state index contributed by atoms with van der Waals surface area (Å²) in [5.74, 6) is 1.68. The normalized spacial score (nSPS) is 13.3. The molecule has 1 aliphatic heterocycles. The monoisotopic (exact) mass is 297 g/mol. The molecule has 0 radical (unpaired) electrons. The lowest BCUT2D eigenvalue weighted by molar-refractivity contribution is 0.171. The van der Waals surface area contributed by atoms with Crippen LogP contribution in [0.1, 0.15) is 5.56 Å². The minimum atomic E-state index is 0.623. The lowest BCUT2D eigenvalue weighted by Gasteiger charge is -2.19. The summed E-state index contributed by atoms with van der Waals surface area (Å²) in [5, 5.41) is 6.92. The molecule has 0 saturated heterocycles. The molecule has 2 heterocycles. The van der Waals surface area contributed by atoms with Gasteiger partial charge < -0.3 is 14.8 Å². The van der Waals surface area contributed by atoms with Crippen molar-refractivity contribution in [2.75, 3.05) is 18.5 Å². The Bertz CT molecular complexity index is 781. The lowest BCUT2D eigenvalue weighted by atomic mass is 10.2. The van der Waals surface area contributed by atoms with Crippen LogP contribution in [-0.4, -0.2) is 13.2 Å². The summed E-state index contributed by atoms with van der Waals surface area (Å²) >= 11 is 1.76. The van der Waals surface area contributed by atoms with Crippen molar-refractivity contribution in [3.8, 4) is 11.5 Å². The van der Waals surface area contributed by atoms with E-state index in [1.54, 1.807) is 11.3 Å². The maximum Gasteiger partial charge on any atom is 0.161 e. The highest BCUT2D eigenvalue weighted by atomic mass is 32.1. The molecule has 0 saturated carbocycles. The van der Waals surface area contributed by atoms with Crippen molar-refractivity contribution in [2.45, 2.75) is 6.54 Å². The Labute approximate surface area is 127 Å². The van der Waals surface area contributed by atoms with Crippen molar-refractivity contribution in [3.05, 3.63) is 53.4 Å². The molecule has 0 bridgehead atoms. The van der Waals surface area contributed by atoms with Gasteiger partial charge in [0.05, 0.1) is 10.4 Å². The van der Waals surface area contributed by atoms with E-state index >= 15 is 0 Å². The average molecular weight is 297 g/mol. The number of rotatable bonds is 3. The van der Waals surface area contributed by atoms with E-state index < -0.39 is 0 Å². The molecule has 2 aromatic carbocycles. The first-order chi connectivity index (χ1) is 10.4. The van der Waals surface area contributed by atoms with E-state index in [1.165, 1.54) is 21.3 Å². The predicted molar refractivity (Wildman–Crippen MR) is 86.6 cm³/mol. The Kier molecular flexibility index (Phi) is 3.16. The van der Waals surface area contributed by atoms with Crippen LogP contribution < -0.4 is 14.8 Å². The van der Waals surface area contributed by atoms with Crippen LogP contribution in [0.25, 0.3) is 10.1 Å². The molecule has 21 heavy (non-hydrogen) atoms. The summed E-state index contributed by atoms with van der Waals surface area (Å²) in [7, 11) is 0. The van der Waals surface area contributed by atoms with Crippen molar-refractivity contribution in [1.29, 1.82) is 0 Å². The second-order valence-corrected chi connectivity index (χ2v) is 5.89. The maximum atomic E-state index is 5.62. The van der Waals surface area contributed by atoms with Crippen molar-refractivity contribution in [2.24, 2.45) is 0 Å². The summed E-state index contributed by atoms with van der Waals surface area (Å²) in [5.41, 5.74) is 2.37. The third kappa shape index (κ3) is 2.43. The summed E-state index contributed by atoms with van der Waals surface area (Å²) in [6.07, 6.45) is 0. The van der Waals surface area contributed by atoms with E-state index in [0.29, 0.717) is 13.2 Å². The highest BCUT2D eigenvalue weighted by Gasteiger charge is 2.11. The molecule has 3 aromatic rings. The van der Waals surface area contributed by atoms with Gasteiger partial charge in [-0.3, -0.25) is 0 Å². The van der Waals surface area contributed by atoms with Crippen LogP contribution in [0.4, 0.5) is 5.69 Å². The van der Waals surface area contributed by atoms with E-state index in [9.17, 15) is 0 Å². The summed E-state index contributed by atoms with van der Waals surface area (Å²) in [4.78, 5) is 0. The zero-order chi connectivity index (χ0) is 14.1. The third-order valence-corrected chi connectivity index (χ3v) is 4.53. The van der Waals surface area contributed by atoms with Crippen molar-refractivity contribution in [3.63, 3.8) is 0 Å². The smallest absolute Gasteiger partial charge is 0.161 e. The molecule has 3 nitrogen and oxygen atoms in total. The molecule has 1 N–H and O–H groups in total. The number of hydrogen-bond acceptors (Lipinski definition) is 4. The first kappa shape index (κ1) is 12.5. The highest BCUT2D eigenvalue weighted by molar-refractivity contribution is 7.17. The fraction of sp³-hybridized carbons (Fsp3) is 0.176. The molecule has 0 atom stereocenters.